The predicted molar refractivity (Wildman–Crippen MR) is 64.5 cm³/mol. The van der Waals surface area contributed by atoms with Crippen LogP contribution in [0.4, 0.5) is 0 Å². The third kappa shape index (κ3) is 2.72. The molecule has 88 valence electrons. The van der Waals surface area contributed by atoms with E-state index in [1.165, 1.54) is 6.08 Å². The number of ketones is 1. The lowest BCUT2D eigenvalue weighted by molar-refractivity contribution is -0.119. The molecule has 0 bridgehead atoms. The molecule has 1 fully saturated rings. The average molecular weight is 230 g/mol. The highest BCUT2D eigenvalue weighted by Crippen LogP contribution is 2.05. The zero-order valence-electron chi connectivity index (χ0n) is 9.57. The second-order valence-corrected chi connectivity index (χ2v) is 4.04. The molecule has 1 saturated heterocycles. The minimum absolute atomic E-state index is 0.0893. The van der Waals surface area contributed by atoms with E-state index in [9.17, 15) is 9.59 Å². The Morgan fingerprint density at radius 3 is 2.71 bits per heavy atom. The molecule has 0 aliphatic carbocycles. The molecule has 1 heterocycles. The van der Waals surface area contributed by atoms with Gasteiger partial charge in [0.25, 0.3) is 5.91 Å². The normalized spacial score (nSPS) is 21.8. The fraction of sp³-hybridized carbons (Fsp3) is 0.231. The lowest BCUT2D eigenvalue weighted by atomic mass is 10.1. The first kappa shape index (κ1) is 11.4. The molecule has 4 heteroatoms. The number of hydrogen-bond acceptors (Lipinski definition) is 3. The highest BCUT2D eigenvalue weighted by atomic mass is 16.2. The van der Waals surface area contributed by atoms with Crippen LogP contribution >= 0.6 is 0 Å². The van der Waals surface area contributed by atoms with E-state index in [4.69, 9.17) is 0 Å². The van der Waals surface area contributed by atoms with Gasteiger partial charge in [-0.1, -0.05) is 30.3 Å². The average Bonchev–Trinajstić information content (AvgIpc) is 2.34. The Hall–Kier alpha value is -2.10. The van der Waals surface area contributed by atoms with Gasteiger partial charge in [0.2, 0.25) is 0 Å². The number of benzene rings is 1. The van der Waals surface area contributed by atoms with Crippen molar-refractivity contribution in [3.05, 3.63) is 47.7 Å². The van der Waals surface area contributed by atoms with E-state index >= 15 is 0 Å². The molecule has 17 heavy (non-hydrogen) atoms. The Morgan fingerprint density at radius 1 is 1.35 bits per heavy atom. The molecular weight excluding hydrogens is 216 g/mol. The Kier molecular flexibility index (Phi) is 3.23. The van der Waals surface area contributed by atoms with Gasteiger partial charge in [-0.25, -0.2) is 0 Å². The van der Waals surface area contributed by atoms with E-state index < -0.39 is 0 Å². The number of amides is 1. The van der Waals surface area contributed by atoms with Gasteiger partial charge < -0.3 is 10.6 Å². The van der Waals surface area contributed by atoms with Crippen LogP contribution in [-0.4, -0.2) is 24.3 Å². The molecule has 0 radical (unpaired) electrons. The minimum atomic E-state index is -0.229. The molecular formula is C13H14N2O2. The smallest absolute Gasteiger partial charge is 0.267 e. The van der Waals surface area contributed by atoms with Crippen LogP contribution in [0.5, 0.6) is 0 Å². The van der Waals surface area contributed by atoms with Crippen molar-refractivity contribution >= 4 is 11.7 Å². The number of piperazine rings is 1. The van der Waals surface area contributed by atoms with E-state index in [1.54, 1.807) is 24.3 Å². The fourth-order valence-electron chi connectivity index (χ4n) is 1.63. The zero-order valence-corrected chi connectivity index (χ0v) is 9.57. The standard InChI is InChI=1S/C13H14N2O2/c1-9-8-14-11(13(17)15-9)7-12(16)10-5-3-2-4-6-10/h2-7,9,14H,8H2,1H3,(H,15,17)/b11-7-/t9-/m0/s1. The quantitative estimate of drug-likeness (QED) is 0.585. The number of carbonyl (C=O) groups is 2. The lowest BCUT2D eigenvalue weighted by Gasteiger charge is -2.23. The Labute approximate surface area is 99.7 Å². The highest BCUT2D eigenvalue weighted by molar-refractivity contribution is 6.09. The number of allylic oxidation sites excluding steroid dienone is 1. The van der Waals surface area contributed by atoms with Crippen LogP contribution in [-0.2, 0) is 4.79 Å². The van der Waals surface area contributed by atoms with Crippen LogP contribution < -0.4 is 10.6 Å². The summed E-state index contributed by atoms with van der Waals surface area (Å²) < 4.78 is 0. The van der Waals surface area contributed by atoms with Crippen LogP contribution in [0.2, 0.25) is 0 Å². The zero-order chi connectivity index (χ0) is 12.3. The van der Waals surface area contributed by atoms with Gasteiger partial charge in [0.05, 0.1) is 0 Å². The van der Waals surface area contributed by atoms with Crippen molar-refractivity contribution in [2.75, 3.05) is 6.54 Å². The number of rotatable bonds is 2. The Bertz CT molecular complexity index is 466. The van der Waals surface area contributed by atoms with Crippen LogP contribution in [0.15, 0.2) is 42.1 Å². The molecule has 0 spiro atoms. The highest BCUT2D eigenvalue weighted by Gasteiger charge is 2.19. The summed E-state index contributed by atoms with van der Waals surface area (Å²) >= 11 is 0. The van der Waals surface area contributed by atoms with E-state index in [1.807, 2.05) is 13.0 Å². The topological polar surface area (TPSA) is 58.2 Å². The third-order valence-corrected chi connectivity index (χ3v) is 2.55. The third-order valence-electron chi connectivity index (χ3n) is 2.55. The maximum Gasteiger partial charge on any atom is 0.267 e. The molecule has 1 aliphatic heterocycles. The summed E-state index contributed by atoms with van der Waals surface area (Å²) in [6.07, 6.45) is 1.34. The first-order valence-electron chi connectivity index (χ1n) is 5.52. The second kappa shape index (κ2) is 4.82. The molecule has 1 aliphatic rings. The summed E-state index contributed by atoms with van der Waals surface area (Å²) in [6, 6.07) is 8.97. The molecule has 2 rings (SSSR count). The molecule has 1 amide bonds. The molecule has 1 atom stereocenters. The fourth-order valence-corrected chi connectivity index (χ4v) is 1.63. The molecule has 1 aromatic rings. The SMILES string of the molecule is C[C@H]1CN/C(=C\C(=O)c2ccccc2)C(=O)N1. The Balaban J connectivity index is 2.15. The minimum Gasteiger partial charge on any atom is -0.378 e. The monoisotopic (exact) mass is 230 g/mol. The molecule has 4 nitrogen and oxygen atoms in total. The van der Waals surface area contributed by atoms with Gasteiger partial charge in [0, 0.05) is 24.2 Å². The maximum atomic E-state index is 11.8. The van der Waals surface area contributed by atoms with Crippen LogP contribution in [0, 0.1) is 0 Å². The first-order valence-corrected chi connectivity index (χ1v) is 5.52. The second-order valence-electron chi connectivity index (χ2n) is 4.04. The molecule has 0 aromatic heterocycles. The number of nitrogens with one attached hydrogen (secondary N) is 2. The van der Waals surface area contributed by atoms with Crippen molar-refractivity contribution < 1.29 is 9.59 Å². The van der Waals surface area contributed by atoms with Crippen molar-refractivity contribution in [3.8, 4) is 0 Å². The molecule has 0 saturated carbocycles. The van der Waals surface area contributed by atoms with Crippen LogP contribution in [0.3, 0.4) is 0 Å². The summed E-state index contributed by atoms with van der Waals surface area (Å²) in [6.45, 7) is 2.54. The van der Waals surface area contributed by atoms with E-state index in [2.05, 4.69) is 10.6 Å². The Morgan fingerprint density at radius 2 is 2.06 bits per heavy atom. The van der Waals surface area contributed by atoms with Crippen molar-refractivity contribution in [2.24, 2.45) is 0 Å². The van der Waals surface area contributed by atoms with Gasteiger partial charge in [-0.2, -0.15) is 0 Å². The van der Waals surface area contributed by atoms with Gasteiger partial charge in [-0.15, -0.1) is 0 Å². The van der Waals surface area contributed by atoms with Gasteiger partial charge in [0.1, 0.15) is 5.70 Å². The van der Waals surface area contributed by atoms with Gasteiger partial charge in [0.15, 0.2) is 5.78 Å². The van der Waals surface area contributed by atoms with Crippen molar-refractivity contribution in [1.82, 2.24) is 10.6 Å². The molecule has 2 N–H and O–H groups in total. The van der Waals surface area contributed by atoms with Gasteiger partial charge in [-0.3, -0.25) is 9.59 Å². The summed E-state index contributed by atoms with van der Waals surface area (Å²) in [5.74, 6) is -0.397. The van der Waals surface area contributed by atoms with E-state index in [0.29, 0.717) is 17.8 Å². The largest absolute Gasteiger partial charge is 0.378 e. The van der Waals surface area contributed by atoms with Crippen molar-refractivity contribution in [1.29, 1.82) is 0 Å². The van der Waals surface area contributed by atoms with Crippen LogP contribution in [0.25, 0.3) is 0 Å². The van der Waals surface area contributed by atoms with Crippen molar-refractivity contribution in [2.45, 2.75) is 13.0 Å². The molecule has 0 unspecified atom stereocenters. The summed E-state index contributed by atoms with van der Waals surface area (Å²) in [7, 11) is 0. The van der Waals surface area contributed by atoms with Crippen LogP contribution in [0.1, 0.15) is 17.3 Å². The first-order chi connectivity index (χ1) is 8.16. The lowest BCUT2D eigenvalue weighted by Crippen LogP contribution is -2.49. The van der Waals surface area contributed by atoms with E-state index in [0.717, 1.165) is 0 Å². The van der Waals surface area contributed by atoms with Crippen molar-refractivity contribution in [3.63, 3.8) is 0 Å². The summed E-state index contributed by atoms with van der Waals surface area (Å²) in [5.41, 5.74) is 0.908. The van der Waals surface area contributed by atoms with Gasteiger partial charge >= 0.3 is 0 Å². The summed E-state index contributed by atoms with van der Waals surface area (Å²) in [4.78, 5) is 23.4. The number of hydrogen-bond donors (Lipinski definition) is 2. The predicted octanol–water partition coefficient (Wildman–Crippen LogP) is 0.861. The van der Waals surface area contributed by atoms with E-state index in [-0.39, 0.29) is 17.7 Å². The molecule has 1 aromatic carbocycles. The van der Waals surface area contributed by atoms with Gasteiger partial charge in [-0.05, 0) is 6.92 Å². The maximum absolute atomic E-state index is 11.8. The number of carbonyl (C=O) groups excluding carboxylic acids is 2. The summed E-state index contributed by atoms with van der Waals surface area (Å²) in [5, 5.41) is 5.71.